The number of rotatable bonds is 11. The van der Waals surface area contributed by atoms with Crippen molar-refractivity contribution in [3.05, 3.63) is 35.9 Å². The van der Waals surface area contributed by atoms with Crippen LogP contribution in [0.4, 0.5) is 4.79 Å². The summed E-state index contributed by atoms with van der Waals surface area (Å²) in [4.78, 5) is 37.7. The molecule has 1 aromatic carbocycles. The molecule has 8 heteroatoms. The number of nitrogens with one attached hydrogen (secondary N) is 3. The molecule has 3 amide bonds. The van der Waals surface area contributed by atoms with E-state index in [4.69, 9.17) is 5.73 Å². The topological polar surface area (TPSA) is 134 Å². The van der Waals surface area contributed by atoms with Crippen molar-refractivity contribution in [2.75, 3.05) is 6.54 Å². The van der Waals surface area contributed by atoms with E-state index in [1.54, 1.807) is 0 Å². The van der Waals surface area contributed by atoms with Crippen molar-refractivity contribution in [2.24, 2.45) is 22.5 Å². The van der Waals surface area contributed by atoms with Gasteiger partial charge in [0.25, 0.3) is 0 Å². The van der Waals surface area contributed by atoms with Crippen LogP contribution in [0, 0.1) is 16.7 Å². The summed E-state index contributed by atoms with van der Waals surface area (Å²) in [6.45, 7) is 7.31. The van der Waals surface area contributed by atoms with Gasteiger partial charge in [0.15, 0.2) is 0 Å². The van der Waals surface area contributed by atoms with Crippen molar-refractivity contribution in [1.82, 2.24) is 16.0 Å². The number of carbonyl (C=O) groups is 3. The maximum absolute atomic E-state index is 13.4. The fourth-order valence-corrected chi connectivity index (χ4v) is 5.86. The summed E-state index contributed by atoms with van der Waals surface area (Å²) in [5.74, 6) is -0.756. The average molecular weight is 473 g/mol. The summed E-state index contributed by atoms with van der Waals surface area (Å²) >= 11 is 0. The molecule has 0 spiro atoms. The molecule has 2 aliphatic rings. The third-order valence-electron chi connectivity index (χ3n) is 8.57. The zero-order valence-electron chi connectivity index (χ0n) is 20.6. The number of hydrogen-bond donors (Lipinski definition) is 5. The van der Waals surface area contributed by atoms with E-state index in [2.05, 4.69) is 36.7 Å². The molecule has 0 radical (unpaired) electrons. The summed E-state index contributed by atoms with van der Waals surface area (Å²) in [5.41, 5.74) is 6.58. The van der Waals surface area contributed by atoms with Crippen LogP contribution in [0.25, 0.3) is 0 Å². The average Bonchev–Trinajstić information content (AvgIpc) is 3.12. The number of benzene rings is 1. The summed E-state index contributed by atoms with van der Waals surface area (Å²) in [6.07, 6.45) is 5.10. The third-order valence-corrected chi connectivity index (χ3v) is 8.57. The Hall–Kier alpha value is -2.61. The first-order valence-electron chi connectivity index (χ1n) is 12.4. The Morgan fingerprint density at radius 2 is 1.76 bits per heavy atom. The van der Waals surface area contributed by atoms with E-state index in [9.17, 15) is 19.5 Å². The molecule has 34 heavy (non-hydrogen) atoms. The van der Waals surface area contributed by atoms with Crippen LogP contribution in [0.5, 0.6) is 0 Å². The Labute approximate surface area is 202 Å². The molecule has 1 aromatic rings. The van der Waals surface area contributed by atoms with Crippen molar-refractivity contribution in [3.8, 4) is 0 Å². The van der Waals surface area contributed by atoms with Crippen LogP contribution in [-0.4, -0.2) is 47.7 Å². The van der Waals surface area contributed by atoms with E-state index in [1.807, 2.05) is 30.3 Å². The van der Waals surface area contributed by atoms with Crippen molar-refractivity contribution in [3.63, 3.8) is 0 Å². The quantitative estimate of drug-likeness (QED) is 0.316. The van der Waals surface area contributed by atoms with Gasteiger partial charge in [0.2, 0.25) is 5.91 Å². The van der Waals surface area contributed by atoms with Crippen LogP contribution in [0.1, 0.15) is 64.9 Å². The minimum atomic E-state index is -1.10. The van der Waals surface area contributed by atoms with Gasteiger partial charge in [-0.3, -0.25) is 4.79 Å². The molecule has 0 saturated heterocycles. The van der Waals surface area contributed by atoms with Crippen molar-refractivity contribution < 1.29 is 19.5 Å². The second kappa shape index (κ2) is 10.8. The van der Waals surface area contributed by atoms with Gasteiger partial charge in [0, 0.05) is 12.5 Å². The molecule has 0 aromatic heterocycles. The molecule has 3 rings (SSSR count). The van der Waals surface area contributed by atoms with Gasteiger partial charge in [-0.25, -0.2) is 9.59 Å². The summed E-state index contributed by atoms with van der Waals surface area (Å²) < 4.78 is 0. The van der Waals surface area contributed by atoms with Gasteiger partial charge in [-0.15, -0.1) is 0 Å². The number of unbranched alkanes of at least 4 members (excludes halogenated alkanes) is 1. The maximum Gasteiger partial charge on any atom is 0.326 e. The Balaban J connectivity index is 1.69. The van der Waals surface area contributed by atoms with Crippen molar-refractivity contribution >= 4 is 17.9 Å². The third kappa shape index (κ3) is 5.54. The first kappa shape index (κ1) is 26.0. The van der Waals surface area contributed by atoms with E-state index >= 15 is 0 Å². The second-order valence-corrected chi connectivity index (χ2v) is 10.7. The first-order valence-corrected chi connectivity index (χ1v) is 12.4. The number of fused-ring (bicyclic) bond motifs is 2. The second-order valence-electron chi connectivity index (χ2n) is 10.7. The molecular formula is C26H40N4O4. The molecule has 2 bridgehead atoms. The fourth-order valence-electron chi connectivity index (χ4n) is 5.86. The number of nitrogens with two attached hydrogens (primary N) is 1. The molecule has 2 saturated carbocycles. The minimum Gasteiger partial charge on any atom is -0.480 e. The lowest BCUT2D eigenvalue weighted by atomic mass is 9.69. The Bertz CT molecular complexity index is 875. The van der Waals surface area contributed by atoms with Crippen LogP contribution >= 0.6 is 0 Å². The standard InChI is InChI=1S/C26H40N4O4/c1-25(2)18-12-13-26(25,3)21(16-18)30-22(31)20(15-17-9-5-4-6-10-17)29-24(34)28-19(23(32)33)11-7-8-14-27/h4-6,9-10,18-21H,7-8,11-16,27H2,1-3H3,(H,30,31)(H,32,33)(H2,28,29,34)/t18-,19+,20-,21?,26+/m1/s1. The number of carbonyl (C=O) groups excluding carboxylic acids is 2. The zero-order chi connectivity index (χ0) is 24.9. The molecule has 8 nitrogen and oxygen atoms in total. The first-order chi connectivity index (χ1) is 16.1. The minimum absolute atomic E-state index is 0.0181. The van der Waals surface area contributed by atoms with Crippen LogP contribution in [0.2, 0.25) is 0 Å². The summed E-state index contributed by atoms with van der Waals surface area (Å²) in [6, 6.07) is 7.06. The monoisotopic (exact) mass is 472 g/mol. The van der Waals surface area contributed by atoms with Crippen LogP contribution in [0.3, 0.4) is 0 Å². The van der Waals surface area contributed by atoms with Gasteiger partial charge in [-0.05, 0) is 67.4 Å². The largest absolute Gasteiger partial charge is 0.480 e. The number of amides is 3. The Morgan fingerprint density at radius 3 is 2.32 bits per heavy atom. The highest BCUT2D eigenvalue weighted by Gasteiger charge is 2.61. The predicted molar refractivity (Wildman–Crippen MR) is 131 cm³/mol. The highest BCUT2D eigenvalue weighted by Crippen LogP contribution is 2.65. The van der Waals surface area contributed by atoms with Gasteiger partial charge in [0.1, 0.15) is 12.1 Å². The van der Waals surface area contributed by atoms with Crippen LogP contribution in [0.15, 0.2) is 30.3 Å². The molecular weight excluding hydrogens is 432 g/mol. The van der Waals surface area contributed by atoms with Gasteiger partial charge >= 0.3 is 12.0 Å². The van der Waals surface area contributed by atoms with Gasteiger partial charge in [0.05, 0.1) is 0 Å². The van der Waals surface area contributed by atoms with E-state index in [-0.39, 0.29) is 29.2 Å². The van der Waals surface area contributed by atoms with Gasteiger partial charge < -0.3 is 26.8 Å². The fraction of sp³-hybridized carbons (Fsp3) is 0.654. The SMILES string of the molecule is CC1(C)[C@@H]2CC[C@@]1(C)C(NC(=O)[C@@H](Cc1ccccc1)NC(=O)N[C@@H](CCCCN)C(=O)O)C2. The summed E-state index contributed by atoms with van der Waals surface area (Å²) in [5, 5.41) is 18.0. The van der Waals surface area contributed by atoms with Crippen LogP contribution < -0.4 is 21.7 Å². The molecule has 5 atom stereocenters. The van der Waals surface area contributed by atoms with E-state index < -0.39 is 24.1 Å². The number of carboxylic acids is 1. The lowest BCUT2D eigenvalue weighted by Gasteiger charge is -2.40. The maximum atomic E-state index is 13.4. The van der Waals surface area contributed by atoms with E-state index in [1.165, 1.54) is 6.42 Å². The van der Waals surface area contributed by atoms with E-state index in [0.717, 1.165) is 18.4 Å². The molecule has 6 N–H and O–H groups in total. The highest BCUT2D eigenvalue weighted by molar-refractivity contribution is 5.89. The lowest BCUT2D eigenvalue weighted by Crippen LogP contribution is -2.57. The van der Waals surface area contributed by atoms with Crippen LogP contribution in [-0.2, 0) is 16.0 Å². The van der Waals surface area contributed by atoms with E-state index in [0.29, 0.717) is 31.7 Å². The number of hydrogen-bond acceptors (Lipinski definition) is 4. The normalized spacial score (nSPS) is 26.5. The smallest absolute Gasteiger partial charge is 0.326 e. The molecule has 2 aliphatic carbocycles. The van der Waals surface area contributed by atoms with Gasteiger partial charge in [-0.2, -0.15) is 0 Å². The highest BCUT2D eigenvalue weighted by atomic mass is 16.4. The van der Waals surface area contributed by atoms with Crippen molar-refractivity contribution in [2.45, 2.75) is 83.8 Å². The summed E-state index contributed by atoms with van der Waals surface area (Å²) in [7, 11) is 0. The molecule has 0 heterocycles. The Morgan fingerprint density at radius 1 is 1.09 bits per heavy atom. The molecule has 188 valence electrons. The van der Waals surface area contributed by atoms with Crippen molar-refractivity contribution in [1.29, 1.82) is 0 Å². The Kier molecular flexibility index (Phi) is 8.23. The predicted octanol–water partition coefficient (Wildman–Crippen LogP) is 2.81. The number of carboxylic acid groups (broad SMARTS) is 1. The van der Waals surface area contributed by atoms with Gasteiger partial charge in [-0.1, -0.05) is 51.1 Å². The molecule has 2 fully saturated rings. The number of urea groups is 1. The molecule has 0 aliphatic heterocycles. The number of aliphatic carboxylic acids is 1. The lowest BCUT2D eigenvalue weighted by molar-refractivity contribution is -0.139. The zero-order valence-corrected chi connectivity index (χ0v) is 20.6. The molecule has 1 unspecified atom stereocenters.